The number of benzene rings is 2. The smallest absolute Gasteiger partial charge is 0.342 e. The van der Waals surface area contributed by atoms with E-state index in [1.54, 1.807) is 11.0 Å². The second kappa shape index (κ2) is 7.97. The Morgan fingerprint density at radius 2 is 1.88 bits per heavy atom. The van der Waals surface area contributed by atoms with Crippen molar-refractivity contribution < 1.29 is 19.4 Å². The van der Waals surface area contributed by atoms with Gasteiger partial charge in [0.2, 0.25) is 0 Å². The Morgan fingerprint density at radius 3 is 2.50 bits per heavy atom. The van der Waals surface area contributed by atoms with Crippen LogP contribution in [0.2, 0.25) is 0 Å². The molecule has 5 nitrogen and oxygen atoms in total. The van der Waals surface area contributed by atoms with Gasteiger partial charge in [0.1, 0.15) is 11.3 Å². The first kappa shape index (κ1) is 18.0. The van der Waals surface area contributed by atoms with Crippen LogP contribution in [0.5, 0.6) is 5.75 Å². The van der Waals surface area contributed by atoms with E-state index >= 15 is 0 Å². The summed E-state index contributed by atoms with van der Waals surface area (Å²) in [5.74, 6) is -1.27. The van der Waals surface area contributed by atoms with Gasteiger partial charge in [-0.3, -0.25) is 4.79 Å². The Morgan fingerprint density at radius 1 is 1.21 bits per heavy atom. The minimum absolute atomic E-state index is 0.00628. The molecule has 1 N–H and O–H groups in total. The molecule has 0 bridgehead atoms. The van der Waals surface area contributed by atoms with E-state index in [1.807, 2.05) is 37.3 Å². The highest BCUT2D eigenvalue weighted by Crippen LogP contribution is 2.23. The van der Waals surface area contributed by atoms with E-state index in [9.17, 15) is 14.7 Å². The second-order valence-electron chi connectivity index (χ2n) is 5.13. The van der Waals surface area contributed by atoms with Gasteiger partial charge in [-0.2, -0.15) is 0 Å². The maximum atomic E-state index is 12.6. The zero-order valence-electron chi connectivity index (χ0n) is 13.4. The van der Waals surface area contributed by atoms with Gasteiger partial charge in [-0.1, -0.05) is 34.1 Å². The third-order valence-corrected chi connectivity index (χ3v) is 3.95. The Hall–Kier alpha value is -2.34. The first-order chi connectivity index (χ1) is 11.4. The molecule has 24 heavy (non-hydrogen) atoms. The van der Waals surface area contributed by atoms with E-state index in [0.717, 1.165) is 5.69 Å². The average Bonchev–Trinajstić information content (AvgIpc) is 2.58. The van der Waals surface area contributed by atoms with Crippen LogP contribution in [-0.2, 0) is 9.53 Å². The van der Waals surface area contributed by atoms with E-state index in [1.165, 1.54) is 19.1 Å². The molecular formula is C18H18BrNO4. The number of phenols is 1. The monoisotopic (exact) mass is 391 g/mol. The largest absolute Gasteiger partial charge is 0.507 e. The van der Waals surface area contributed by atoms with Gasteiger partial charge in [-0.25, -0.2) is 4.79 Å². The molecule has 0 aromatic heterocycles. The number of rotatable bonds is 5. The zero-order valence-corrected chi connectivity index (χ0v) is 15.0. The minimum atomic E-state index is -0.976. The third kappa shape index (κ3) is 4.14. The number of hydrogen-bond donors (Lipinski definition) is 1. The number of phenolic OH excluding ortho intramolecular Hbond substituents is 1. The number of esters is 1. The number of nitrogens with zero attached hydrogens (tertiary/aromatic N) is 1. The summed E-state index contributed by atoms with van der Waals surface area (Å²) in [5.41, 5.74) is 0.741. The lowest BCUT2D eigenvalue weighted by Gasteiger charge is -2.24. The number of halogens is 1. The molecule has 1 atom stereocenters. The van der Waals surface area contributed by atoms with Crippen molar-refractivity contribution >= 4 is 33.5 Å². The molecule has 2 aromatic carbocycles. The van der Waals surface area contributed by atoms with Gasteiger partial charge < -0.3 is 14.7 Å². The van der Waals surface area contributed by atoms with Gasteiger partial charge in [0.15, 0.2) is 6.10 Å². The van der Waals surface area contributed by atoms with Gasteiger partial charge in [-0.15, -0.1) is 0 Å². The van der Waals surface area contributed by atoms with Crippen LogP contribution in [0.15, 0.2) is 53.0 Å². The number of ether oxygens (including phenoxy) is 1. The van der Waals surface area contributed by atoms with Crippen molar-refractivity contribution in [2.45, 2.75) is 20.0 Å². The molecule has 0 saturated heterocycles. The number of hydrogen-bond acceptors (Lipinski definition) is 4. The highest BCUT2D eigenvalue weighted by molar-refractivity contribution is 9.10. The van der Waals surface area contributed by atoms with E-state index in [4.69, 9.17) is 4.74 Å². The highest BCUT2D eigenvalue weighted by atomic mass is 79.9. The Labute approximate surface area is 149 Å². The zero-order chi connectivity index (χ0) is 17.7. The topological polar surface area (TPSA) is 66.8 Å². The van der Waals surface area contributed by atoms with Crippen molar-refractivity contribution in [3.05, 3.63) is 58.6 Å². The van der Waals surface area contributed by atoms with E-state index in [0.29, 0.717) is 11.0 Å². The lowest BCUT2D eigenvalue weighted by Crippen LogP contribution is -2.40. The van der Waals surface area contributed by atoms with Crippen LogP contribution in [0.25, 0.3) is 0 Å². The number of anilines is 1. The third-order valence-electron chi connectivity index (χ3n) is 3.46. The van der Waals surface area contributed by atoms with Crippen LogP contribution in [0, 0.1) is 0 Å². The van der Waals surface area contributed by atoms with Gasteiger partial charge in [-0.05, 0) is 44.2 Å². The molecule has 0 aliphatic carbocycles. The summed E-state index contributed by atoms with van der Waals surface area (Å²) >= 11 is 3.23. The first-order valence-electron chi connectivity index (χ1n) is 7.50. The molecule has 0 heterocycles. The van der Waals surface area contributed by atoms with Crippen molar-refractivity contribution in [1.82, 2.24) is 0 Å². The number of amides is 1. The number of likely N-dealkylation sites (N-methyl/N-ethyl adjacent to an activating group) is 1. The molecule has 1 amide bonds. The lowest BCUT2D eigenvalue weighted by molar-refractivity contribution is -0.126. The maximum absolute atomic E-state index is 12.6. The van der Waals surface area contributed by atoms with Crippen molar-refractivity contribution in [2.24, 2.45) is 0 Å². The van der Waals surface area contributed by atoms with Crippen molar-refractivity contribution in [3.63, 3.8) is 0 Å². The molecule has 0 saturated carbocycles. The minimum Gasteiger partial charge on any atom is -0.507 e. The summed E-state index contributed by atoms with van der Waals surface area (Å²) in [6.07, 6.45) is -0.976. The van der Waals surface area contributed by atoms with Crippen LogP contribution >= 0.6 is 15.9 Å². The molecule has 6 heteroatoms. The van der Waals surface area contributed by atoms with E-state index in [-0.39, 0.29) is 17.2 Å². The van der Waals surface area contributed by atoms with Crippen LogP contribution in [0.4, 0.5) is 5.69 Å². The van der Waals surface area contributed by atoms with Gasteiger partial charge >= 0.3 is 5.97 Å². The number of aromatic hydroxyl groups is 1. The van der Waals surface area contributed by atoms with Crippen molar-refractivity contribution in [2.75, 3.05) is 11.4 Å². The summed E-state index contributed by atoms with van der Waals surface area (Å²) < 4.78 is 5.86. The summed E-state index contributed by atoms with van der Waals surface area (Å²) in [7, 11) is 0. The molecule has 0 radical (unpaired) electrons. The molecule has 0 aliphatic heterocycles. The fourth-order valence-corrected chi connectivity index (χ4v) is 2.60. The SMILES string of the molecule is CCN(C(=O)[C@@H](C)OC(=O)c1cc(Br)ccc1O)c1ccccc1. The van der Waals surface area contributed by atoms with Crippen LogP contribution in [-0.4, -0.2) is 29.6 Å². The fourth-order valence-electron chi connectivity index (χ4n) is 2.24. The van der Waals surface area contributed by atoms with E-state index in [2.05, 4.69) is 15.9 Å². The van der Waals surface area contributed by atoms with Gasteiger partial charge in [0.25, 0.3) is 5.91 Å². The Bertz CT molecular complexity index is 733. The van der Waals surface area contributed by atoms with Crippen LogP contribution < -0.4 is 4.90 Å². The number of carbonyl (C=O) groups is 2. The molecule has 126 valence electrons. The lowest BCUT2D eigenvalue weighted by atomic mass is 10.2. The first-order valence-corrected chi connectivity index (χ1v) is 8.29. The standard InChI is InChI=1S/C18H18BrNO4/c1-3-20(14-7-5-4-6-8-14)17(22)12(2)24-18(23)15-11-13(19)9-10-16(15)21/h4-12,21H,3H2,1-2H3/t12-/m1/s1. The predicted molar refractivity (Wildman–Crippen MR) is 95.2 cm³/mol. The number of carbonyl (C=O) groups excluding carboxylic acids is 2. The second-order valence-corrected chi connectivity index (χ2v) is 6.04. The summed E-state index contributed by atoms with van der Waals surface area (Å²) in [6.45, 7) is 3.81. The molecule has 0 unspecified atom stereocenters. The molecule has 2 aromatic rings. The molecule has 0 spiro atoms. The molecule has 0 fully saturated rings. The maximum Gasteiger partial charge on any atom is 0.342 e. The highest BCUT2D eigenvalue weighted by Gasteiger charge is 2.25. The Kier molecular flexibility index (Phi) is 5.98. The predicted octanol–water partition coefficient (Wildman–Crippen LogP) is 3.75. The number of para-hydroxylation sites is 1. The van der Waals surface area contributed by atoms with Crippen molar-refractivity contribution in [1.29, 1.82) is 0 Å². The van der Waals surface area contributed by atoms with Gasteiger partial charge in [0, 0.05) is 16.7 Å². The van der Waals surface area contributed by atoms with E-state index < -0.39 is 12.1 Å². The fraction of sp³-hybridized carbons (Fsp3) is 0.222. The normalized spacial score (nSPS) is 11.6. The summed E-state index contributed by atoms with van der Waals surface area (Å²) in [6, 6.07) is 13.6. The Balaban J connectivity index is 2.13. The summed E-state index contributed by atoms with van der Waals surface area (Å²) in [4.78, 5) is 26.3. The van der Waals surface area contributed by atoms with Crippen LogP contribution in [0.3, 0.4) is 0 Å². The van der Waals surface area contributed by atoms with Crippen LogP contribution in [0.1, 0.15) is 24.2 Å². The van der Waals surface area contributed by atoms with Gasteiger partial charge in [0.05, 0.1) is 0 Å². The molecular weight excluding hydrogens is 374 g/mol. The molecule has 2 rings (SSSR count). The average molecular weight is 392 g/mol. The molecule has 0 aliphatic rings. The van der Waals surface area contributed by atoms with Crippen molar-refractivity contribution in [3.8, 4) is 5.75 Å². The quantitative estimate of drug-likeness (QED) is 0.788. The summed E-state index contributed by atoms with van der Waals surface area (Å²) in [5, 5.41) is 9.77.